The summed E-state index contributed by atoms with van der Waals surface area (Å²) in [6.07, 6.45) is 3.17. The lowest BCUT2D eigenvalue weighted by atomic mass is 10.1. The monoisotopic (exact) mass is 244 g/mol. The minimum Gasteiger partial charge on any atom is -0.309 e. The third kappa shape index (κ3) is 2.45. The van der Waals surface area contributed by atoms with E-state index in [1.807, 2.05) is 24.0 Å². The summed E-state index contributed by atoms with van der Waals surface area (Å²) in [5.41, 5.74) is 2.44. The molecule has 2 nitrogen and oxygen atoms in total. The third-order valence-corrected chi connectivity index (χ3v) is 4.39. The summed E-state index contributed by atoms with van der Waals surface area (Å²) in [7, 11) is 0. The number of benzene rings is 1. The summed E-state index contributed by atoms with van der Waals surface area (Å²) in [4.78, 5) is 4.48. The Morgan fingerprint density at radius 2 is 2.24 bits per heavy atom. The van der Waals surface area contributed by atoms with Crippen molar-refractivity contribution in [3.05, 3.63) is 42.1 Å². The molecule has 0 aliphatic carbocycles. The Bertz CT molecular complexity index is 501. The molecular formula is C14H16N2S. The van der Waals surface area contributed by atoms with Gasteiger partial charge < -0.3 is 5.32 Å². The lowest BCUT2D eigenvalue weighted by Crippen LogP contribution is -2.28. The number of para-hydroxylation sites is 1. The van der Waals surface area contributed by atoms with E-state index in [0.29, 0.717) is 6.04 Å². The van der Waals surface area contributed by atoms with E-state index in [4.69, 9.17) is 0 Å². The van der Waals surface area contributed by atoms with Gasteiger partial charge in [-0.25, -0.2) is 0 Å². The molecule has 2 aromatic rings. The molecule has 1 aliphatic rings. The highest BCUT2D eigenvalue weighted by Crippen LogP contribution is 2.19. The van der Waals surface area contributed by atoms with Crippen molar-refractivity contribution in [3.8, 4) is 0 Å². The first-order valence-corrected chi connectivity index (χ1v) is 7.23. The molecule has 1 aromatic heterocycles. The molecule has 1 unspecified atom stereocenters. The number of aromatic nitrogens is 1. The van der Waals surface area contributed by atoms with E-state index < -0.39 is 0 Å². The number of nitrogens with one attached hydrogen (secondary N) is 1. The molecule has 2 heterocycles. The zero-order valence-corrected chi connectivity index (χ0v) is 10.5. The molecule has 0 spiro atoms. The molecule has 0 amide bonds. The molecule has 1 saturated heterocycles. The molecule has 88 valence electrons. The minimum absolute atomic E-state index is 0.680. The van der Waals surface area contributed by atoms with Crippen molar-refractivity contribution in [1.29, 1.82) is 0 Å². The van der Waals surface area contributed by atoms with Crippen LogP contribution in [0.25, 0.3) is 10.9 Å². The van der Waals surface area contributed by atoms with Crippen LogP contribution in [0.3, 0.4) is 0 Å². The number of fused-ring (bicyclic) bond motifs is 1. The summed E-state index contributed by atoms with van der Waals surface area (Å²) in [5.74, 6) is 2.55. The van der Waals surface area contributed by atoms with Crippen LogP contribution in [0.5, 0.6) is 0 Å². The van der Waals surface area contributed by atoms with Gasteiger partial charge in [0.15, 0.2) is 0 Å². The Kier molecular flexibility index (Phi) is 3.29. The van der Waals surface area contributed by atoms with Gasteiger partial charge in [-0.1, -0.05) is 24.3 Å². The summed E-state index contributed by atoms with van der Waals surface area (Å²) in [6.45, 7) is 0.930. The fourth-order valence-corrected chi connectivity index (χ4v) is 3.45. The van der Waals surface area contributed by atoms with Gasteiger partial charge in [-0.15, -0.1) is 0 Å². The Balaban J connectivity index is 1.79. The van der Waals surface area contributed by atoms with Crippen LogP contribution in [-0.4, -0.2) is 22.5 Å². The SMILES string of the molecule is c1cnc2c(CNC3CCSC3)cccc2c1. The van der Waals surface area contributed by atoms with Crippen molar-refractivity contribution in [1.82, 2.24) is 10.3 Å². The Hall–Kier alpha value is -1.06. The number of rotatable bonds is 3. The van der Waals surface area contributed by atoms with Gasteiger partial charge in [0.2, 0.25) is 0 Å². The minimum atomic E-state index is 0.680. The van der Waals surface area contributed by atoms with Crippen LogP contribution in [-0.2, 0) is 6.54 Å². The van der Waals surface area contributed by atoms with Gasteiger partial charge in [-0.05, 0) is 23.8 Å². The first-order valence-electron chi connectivity index (χ1n) is 6.07. The van der Waals surface area contributed by atoms with Gasteiger partial charge in [0, 0.05) is 29.9 Å². The second-order valence-electron chi connectivity index (χ2n) is 4.43. The van der Waals surface area contributed by atoms with Crippen molar-refractivity contribution in [2.45, 2.75) is 19.0 Å². The molecule has 0 bridgehead atoms. The van der Waals surface area contributed by atoms with Crippen LogP contribution in [0.15, 0.2) is 36.5 Å². The molecule has 3 heteroatoms. The van der Waals surface area contributed by atoms with Crippen LogP contribution < -0.4 is 5.32 Å². The van der Waals surface area contributed by atoms with E-state index in [9.17, 15) is 0 Å². The molecule has 1 aliphatic heterocycles. The molecule has 0 radical (unpaired) electrons. The van der Waals surface area contributed by atoms with Crippen molar-refractivity contribution in [2.24, 2.45) is 0 Å². The highest BCUT2D eigenvalue weighted by atomic mass is 32.2. The van der Waals surface area contributed by atoms with Crippen LogP contribution in [0, 0.1) is 0 Å². The topological polar surface area (TPSA) is 24.9 Å². The van der Waals surface area contributed by atoms with E-state index >= 15 is 0 Å². The maximum absolute atomic E-state index is 4.48. The largest absolute Gasteiger partial charge is 0.309 e. The number of thioether (sulfide) groups is 1. The van der Waals surface area contributed by atoms with E-state index in [1.54, 1.807) is 0 Å². The van der Waals surface area contributed by atoms with E-state index in [2.05, 4.69) is 34.6 Å². The van der Waals surface area contributed by atoms with Gasteiger partial charge in [-0.3, -0.25) is 4.98 Å². The van der Waals surface area contributed by atoms with Crippen molar-refractivity contribution in [2.75, 3.05) is 11.5 Å². The van der Waals surface area contributed by atoms with E-state index in [-0.39, 0.29) is 0 Å². The molecule has 3 rings (SSSR count). The van der Waals surface area contributed by atoms with E-state index in [1.165, 1.54) is 28.9 Å². The normalized spacial score (nSPS) is 19.9. The van der Waals surface area contributed by atoms with Gasteiger partial charge >= 0.3 is 0 Å². The lowest BCUT2D eigenvalue weighted by molar-refractivity contribution is 0.559. The first-order chi connectivity index (χ1) is 8.43. The van der Waals surface area contributed by atoms with Crippen molar-refractivity contribution in [3.63, 3.8) is 0 Å². The predicted octanol–water partition coefficient (Wildman–Crippen LogP) is 2.83. The maximum Gasteiger partial charge on any atom is 0.0746 e. The smallest absolute Gasteiger partial charge is 0.0746 e. The molecule has 0 saturated carbocycles. The molecule has 1 N–H and O–H groups in total. The van der Waals surface area contributed by atoms with Gasteiger partial charge in [0.05, 0.1) is 5.52 Å². The Morgan fingerprint density at radius 1 is 1.29 bits per heavy atom. The highest BCUT2D eigenvalue weighted by Gasteiger charge is 2.14. The highest BCUT2D eigenvalue weighted by molar-refractivity contribution is 7.99. The number of hydrogen-bond donors (Lipinski definition) is 1. The lowest BCUT2D eigenvalue weighted by Gasteiger charge is -2.12. The summed E-state index contributed by atoms with van der Waals surface area (Å²) in [6, 6.07) is 11.2. The van der Waals surface area contributed by atoms with Crippen LogP contribution >= 0.6 is 11.8 Å². The summed E-state index contributed by atoms with van der Waals surface area (Å²) >= 11 is 2.04. The Labute approximate surface area is 106 Å². The quantitative estimate of drug-likeness (QED) is 0.898. The summed E-state index contributed by atoms with van der Waals surface area (Å²) < 4.78 is 0. The molecule has 17 heavy (non-hydrogen) atoms. The van der Waals surface area contributed by atoms with Gasteiger partial charge in [0.25, 0.3) is 0 Å². The van der Waals surface area contributed by atoms with E-state index in [0.717, 1.165) is 12.1 Å². The number of pyridine rings is 1. The van der Waals surface area contributed by atoms with Crippen LogP contribution in [0.4, 0.5) is 0 Å². The summed E-state index contributed by atoms with van der Waals surface area (Å²) in [5, 5.41) is 4.86. The average Bonchev–Trinajstić information content (AvgIpc) is 2.89. The zero-order valence-electron chi connectivity index (χ0n) is 9.73. The fourth-order valence-electron chi connectivity index (χ4n) is 2.26. The second-order valence-corrected chi connectivity index (χ2v) is 5.58. The predicted molar refractivity (Wildman–Crippen MR) is 74.3 cm³/mol. The van der Waals surface area contributed by atoms with Crippen molar-refractivity contribution < 1.29 is 0 Å². The van der Waals surface area contributed by atoms with Crippen LogP contribution in [0.2, 0.25) is 0 Å². The first kappa shape index (κ1) is 11.1. The van der Waals surface area contributed by atoms with Gasteiger partial charge in [0.1, 0.15) is 0 Å². The maximum atomic E-state index is 4.48. The number of hydrogen-bond acceptors (Lipinski definition) is 3. The molecular weight excluding hydrogens is 228 g/mol. The molecule has 1 aromatic carbocycles. The standard InChI is InChI=1S/C14H16N2S/c1-3-11-5-2-7-15-14(11)12(4-1)9-16-13-6-8-17-10-13/h1-5,7,13,16H,6,8-10H2. The molecule has 1 fully saturated rings. The fraction of sp³-hybridized carbons (Fsp3) is 0.357. The van der Waals surface area contributed by atoms with Crippen molar-refractivity contribution >= 4 is 22.7 Å². The average molecular weight is 244 g/mol. The van der Waals surface area contributed by atoms with Gasteiger partial charge in [-0.2, -0.15) is 11.8 Å². The van der Waals surface area contributed by atoms with Crippen LogP contribution in [0.1, 0.15) is 12.0 Å². The molecule has 1 atom stereocenters. The zero-order chi connectivity index (χ0) is 11.5. The second kappa shape index (κ2) is 5.07. The number of nitrogens with zero attached hydrogens (tertiary/aromatic N) is 1. The Morgan fingerprint density at radius 3 is 3.12 bits per heavy atom. The third-order valence-electron chi connectivity index (χ3n) is 3.23.